The van der Waals surface area contributed by atoms with Crippen LogP contribution >= 0.6 is 24.8 Å². The Labute approximate surface area is 161 Å². The Kier molecular flexibility index (Phi) is 5.64. The van der Waals surface area contributed by atoms with E-state index in [4.69, 9.17) is 12.2 Å². The van der Waals surface area contributed by atoms with E-state index in [2.05, 4.69) is 12.6 Å². The van der Waals surface area contributed by atoms with Gasteiger partial charge in [-0.3, -0.25) is 4.79 Å². The molecule has 1 saturated heterocycles. The van der Waals surface area contributed by atoms with Crippen molar-refractivity contribution in [3.8, 4) is 0 Å². The summed E-state index contributed by atoms with van der Waals surface area (Å²) in [7, 11) is 0. The molecule has 0 atom stereocenters. The van der Waals surface area contributed by atoms with Crippen molar-refractivity contribution in [3.63, 3.8) is 0 Å². The smallest absolute Gasteiger partial charge is 0.188 e. The molecule has 26 heavy (non-hydrogen) atoms. The van der Waals surface area contributed by atoms with Crippen molar-refractivity contribution in [2.24, 2.45) is 0 Å². The Morgan fingerprint density at radius 3 is 1.62 bits per heavy atom. The molecule has 0 aromatic heterocycles. The highest BCUT2D eigenvalue weighted by atomic mass is 32.1. The van der Waals surface area contributed by atoms with Crippen LogP contribution in [0.25, 0.3) is 12.2 Å². The van der Waals surface area contributed by atoms with Crippen LogP contribution in [0.15, 0.2) is 59.7 Å². The Bertz CT molecular complexity index is 835. The molecule has 0 saturated carbocycles. The molecule has 1 aliphatic heterocycles. The van der Waals surface area contributed by atoms with Crippen molar-refractivity contribution in [2.45, 2.75) is 0 Å². The molecule has 2 aromatic rings. The van der Waals surface area contributed by atoms with E-state index in [9.17, 15) is 13.6 Å². The normalized spacial score (nSPS) is 17.8. The van der Waals surface area contributed by atoms with Crippen LogP contribution in [-0.2, 0) is 4.79 Å². The van der Waals surface area contributed by atoms with E-state index in [1.165, 1.54) is 24.3 Å². The van der Waals surface area contributed by atoms with Gasteiger partial charge < -0.3 is 4.90 Å². The standard InChI is InChI=1S/C20H15F2NOS2/c21-17-5-1-13(2-6-17)9-15-11-23(20(25)26)12-16(19(15)24)10-14-3-7-18(22)8-4-14/h1-10H,11-12H2,(H,25,26)/b15-9+,16-10+. The second kappa shape index (κ2) is 7.93. The summed E-state index contributed by atoms with van der Waals surface area (Å²) in [6.45, 7) is 0.665. The molecule has 3 rings (SSSR count). The van der Waals surface area contributed by atoms with Crippen molar-refractivity contribution < 1.29 is 13.6 Å². The molecule has 2 aromatic carbocycles. The molecule has 0 amide bonds. The van der Waals surface area contributed by atoms with Crippen LogP contribution in [0.4, 0.5) is 8.78 Å². The van der Waals surface area contributed by atoms with Gasteiger partial charge in [-0.1, -0.05) is 36.5 Å². The number of ketones is 1. The van der Waals surface area contributed by atoms with Crippen molar-refractivity contribution in [1.29, 1.82) is 0 Å². The van der Waals surface area contributed by atoms with Gasteiger partial charge in [0.15, 0.2) is 5.78 Å². The predicted molar refractivity (Wildman–Crippen MR) is 107 cm³/mol. The second-order valence-corrected chi connectivity index (χ2v) is 7.02. The molecule has 1 fully saturated rings. The number of hydrogen-bond acceptors (Lipinski definition) is 2. The van der Waals surface area contributed by atoms with E-state index in [1.54, 1.807) is 41.3 Å². The highest BCUT2D eigenvalue weighted by Crippen LogP contribution is 2.23. The number of halogens is 2. The minimum Gasteiger partial charge on any atom is -0.349 e. The summed E-state index contributed by atoms with van der Waals surface area (Å²) < 4.78 is 26.5. The van der Waals surface area contributed by atoms with Gasteiger partial charge in [-0.25, -0.2) is 8.78 Å². The van der Waals surface area contributed by atoms with Gasteiger partial charge >= 0.3 is 0 Å². The summed E-state index contributed by atoms with van der Waals surface area (Å²) >= 11 is 9.37. The molecule has 0 N–H and O–H groups in total. The lowest BCUT2D eigenvalue weighted by molar-refractivity contribution is -0.113. The lowest BCUT2D eigenvalue weighted by atomic mass is 9.94. The number of Topliss-reactive ketones (excluding diaryl/α,β-unsaturated/α-hetero) is 1. The number of rotatable bonds is 2. The fourth-order valence-electron chi connectivity index (χ4n) is 2.70. The lowest BCUT2D eigenvalue weighted by Crippen LogP contribution is -2.39. The molecular formula is C20H15F2NOS2. The quantitative estimate of drug-likeness (QED) is 0.464. The average molecular weight is 387 g/mol. The molecule has 132 valence electrons. The monoisotopic (exact) mass is 387 g/mol. The maximum atomic E-state index is 13.1. The van der Waals surface area contributed by atoms with E-state index in [-0.39, 0.29) is 17.4 Å². The molecule has 2 nitrogen and oxygen atoms in total. The van der Waals surface area contributed by atoms with Crippen LogP contribution in [0.1, 0.15) is 11.1 Å². The van der Waals surface area contributed by atoms with Crippen molar-refractivity contribution in [1.82, 2.24) is 4.90 Å². The van der Waals surface area contributed by atoms with E-state index in [1.807, 2.05) is 0 Å². The van der Waals surface area contributed by atoms with Gasteiger partial charge in [0.2, 0.25) is 0 Å². The number of hydrogen-bond donors (Lipinski definition) is 1. The first-order valence-electron chi connectivity index (χ1n) is 7.87. The highest BCUT2D eigenvalue weighted by Gasteiger charge is 2.26. The number of thiol groups is 1. The van der Waals surface area contributed by atoms with Gasteiger partial charge in [0, 0.05) is 24.2 Å². The highest BCUT2D eigenvalue weighted by molar-refractivity contribution is 8.10. The number of likely N-dealkylation sites (tertiary alicyclic amines) is 1. The van der Waals surface area contributed by atoms with Crippen LogP contribution in [0.3, 0.4) is 0 Å². The predicted octanol–water partition coefficient (Wildman–Crippen LogP) is 4.53. The van der Waals surface area contributed by atoms with Crippen LogP contribution in [0.5, 0.6) is 0 Å². The summed E-state index contributed by atoms with van der Waals surface area (Å²) in [5.74, 6) is -0.783. The number of carbonyl (C=O) groups excluding carboxylic acids is 1. The Morgan fingerprint density at radius 2 is 1.27 bits per heavy atom. The van der Waals surface area contributed by atoms with Gasteiger partial charge in [-0.05, 0) is 47.5 Å². The minimum atomic E-state index is -0.336. The summed E-state index contributed by atoms with van der Waals surface area (Å²) in [4.78, 5) is 14.7. The van der Waals surface area contributed by atoms with Gasteiger partial charge in [-0.2, -0.15) is 0 Å². The second-order valence-electron chi connectivity index (χ2n) is 5.91. The molecule has 0 spiro atoms. The molecule has 6 heteroatoms. The lowest BCUT2D eigenvalue weighted by Gasteiger charge is -2.30. The molecule has 0 aliphatic carbocycles. The van der Waals surface area contributed by atoms with Gasteiger partial charge in [0.1, 0.15) is 16.0 Å². The van der Waals surface area contributed by atoms with Crippen molar-refractivity contribution in [3.05, 3.63) is 82.4 Å². The topological polar surface area (TPSA) is 20.3 Å². The van der Waals surface area contributed by atoms with Gasteiger partial charge in [0.25, 0.3) is 0 Å². The first kappa shape index (κ1) is 18.5. The Morgan fingerprint density at radius 1 is 0.885 bits per heavy atom. The summed E-state index contributed by atoms with van der Waals surface area (Å²) in [6.07, 6.45) is 3.44. The van der Waals surface area contributed by atoms with Crippen LogP contribution < -0.4 is 0 Å². The number of piperidine rings is 1. The van der Waals surface area contributed by atoms with E-state index < -0.39 is 0 Å². The van der Waals surface area contributed by atoms with Gasteiger partial charge in [-0.15, -0.1) is 12.6 Å². The summed E-state index contributed by atoms with van der Waals surface area (Å²) in [6, 6.07) is 11.8. The van der Waals surface area contributed by atoms with Crippen LogP contribution in [-0.4, -0.2) is 28.1 Å². The fourth-order valence-corrected chi connectivity index (χ4v) is 2.97. The largest absolute Gasteiger partial charge is 0.349 e. The summed E-state index contributed by atoms with van der Waals surface area (Å²) in [5.41, 5.74) is 2.52. The van der Waals surface area contributed by atoms with Crippen molar-refractivity contribution in [2.75, 3.05) is 13.1 Å². The minimum absolute atomic E-state index is 0.112. The van der Waals surface area contributed by atoms with Crippen LogP contribution in [0, 0.1) is 11.6 Å². The zero-order chi connectivity index (χ0) is 18.7. The number of benzene rings is 2. The maximum absolute atomic E-state index is 13.1. The third-order valence-corrected chi connectivity index (χ3v) is 4.54. The number of carbonyl (C=O) groups is 1. The van der Waals surface area contributed by atoms with E-state index in [0.29, 0.717) is 28.6 Å². The Balaban J connectivity index is 1.97. The van der Waals surface area contributed by atoms with E-state index in [0.717, 1.165) is 11.1 Å². The molecule has 0 unspecified atom stereocenters. The zero-order valence-corrected chi connectivity index (χ0v) is 15.4. The van der Waals surface area contributed by atoms with Crippen molar-refractivity contribution >= 4 is 47.1 Å². The number of thiocarbonyl (C=S) groups is 1. The van der Waals surface area contributed by atoms with Crippen LogP contribution in [0.2, 0.25) is 0 Å². The first-order valence-corrected chi connectivity index (χ1v) is 8.73. The SMILES string of the molecule is O=C1/C(=C/c2ccc(F)cc2)CN(C(=S)S)C/C1=C\c1ccc(F)cc1. The third-order valence-electron chi connectivity index (χ3n) is 4.00. The molecule has 0 radical (unpaired) electrons. The molecule has 1 heterocycles. The summed E-state index contributed by atoms with van der Waals surface area (Å²) in [5, 5.41) is 0. The molecule has 1 aliphatic rings. The fraction of sp³-hybridized carbons (Fsp3) is 0.100. The molecule has 0 bridgehead atoms. The van der Waals surface area contributed by atoms with Gasteiger partial charge in [0.05, 0.1) is 0 Å². The zero-order valence-electron chi connectivity index (χ0n) is 13.7. The molecular weight excluding hydrogens is 372 g/mol. The third kappa shape index (κ3) is 4.45. The first-order chi connectivity index (χ1) is 12.4. The van der Waals surface area contributed by atoms with E-state index >= 15 is 0 Å². The Hall–Kier alpha value is -2.31. The average Bonchev–Trinajstić information content (AvgIpc) is 2.62. The maximum Gasteiger partial charge on any atom is 0.188 e. The number of nitrogens with zero attached hydrogens (tertiary/aromatic N) is 1.